The molecule has 0 saturated heterocycles. The van der Waals surface area contributed by atoms with E-state index in [4.69, 9.17) is 11.6 Å². The van der Waals surface area contributed by atoms with E-state index in [9.17, 15) is 24.3 Å². The van der Waals surface area contributed by atoms with Gasteiger partial charge in [-0.25, -0.2) is 9.18 Å². The number of benzene rings is 2. The molecule has 0 aliphatic heterocycles. The first kappa shape index (κ1) is 24.4. The number of hydrogen-bond acceptors (Lipinski definition) is 5. The van der Waals surface area contributed by atoms with Gasteiger partial charge in [0.25, 0.3) is 5.56 Å². The van der Waals surface area contributed by atoms with Crippen molar-refractivity contribution >= 4 is 34.6 Å². The first-order valence-electron chi connectivity index (χ1n) is 10.5. The summed E-state index contributed by atoms with van der Waals surface area (Å²) >= 11 is 7.11. The van der Waals surface area contributed by atoms with E-state index in [2.05, 4.69) is 10.1 Å². The van der Waals surface area contributed by atoms with E-state index in [1.54, 1.807) is 36.6 Å². The monoisotopic (exact) mass is 510 g/mol. The highest BCUT2D eigenvalue weighted by molar-refractivity contribution is 7.12. The SMILES string of the molecule is Cc1cc(/C(C[C@@H](c2ccc(-c3csc(C(=O)O)c3)cc2)c2ccc(Cl)cc2F)=N/O)c[nH]c1=O. The third-order valence-corrected chi connectivity index (χ3v) is 6.89. The molecule has 2 heterocycles. The first-order valence-corrected chi connectivity index (χ1v) is 11.8. The average molecular weight is 511 g/mol. The van der Waals surface area contributed by atoms with E-state index < -0.39 is 17.7 Å². The quantitative estimate of drug-likeness (QED) is 0.154. The minimum atomic E-state index is -0.982. The van der Waals surface area contributed by atoms with Crippen molar-refractivity contribution in [2.45, 2.75) is 19.3 Å². The van der Waals surface area contributed by atoms with Gasteiger partial charge < -0.3 is 15.3 Å². The number of oxime groups is 1. The van der Waals surface area contributed by atoms with Gasteiger partial charge in [-0.1, -0.05) is 47.1 Å². The summed E-state index contributed by atoms with van der Waals surface area (Å²) in [5.41, 5.74) is 3.71. The fourth-order valence-corrected chi connectivity index (χ4v) is 4.79. The standard InChI is InChI=1S/C26H20ClFN2O4S/c1-14-8-17(12-29-25(14)31)23(30-34)11-21(20-7-6-19(27)10-22(20)28)16-4-2-15(3-5-16)18-9-24(26(32)33)35-13-18/h2-10,12-13,21,34H,11H2,1H3,(H,29,31)(H,32,33)/b30-23+/t21-/m0/s1. The van der Waals surface area contributed by atoms with Gasteiger partial charge in [-0.2, -0.15) is 0 Å². The Hall–Kier alpha value is -3.75. The van der Waals surface area contributed by atoms with Crippen molar-refractivity contribution in [1.29, 1.82) is 0 Å². The third kappa shape index (κ3) is 5.34. The topological polar surface area (TPSA) is 103 Å². The van der Waals surface area contributed by atoms with E-state index in [1.807, 2.05) is 24.3 Å². The molecule has 4 rings (SSSR count). The lowest BCUT2D eigenvalue weighted by molar-refractivity contribution is 0.0702. The minimum Gasteiger partial charge on any atom is -0.477 e. The number of rotatable bonds is 7. The van der Waals surface area contributed by atoms with Gasteiger partial charge in [-0.3, -0.25) is 4.79 Å². The maximum Gasteiger partial charge on any atom is 0.345 e. The molecule has 2 aromatic carbocycles. The van der Waals surface area contributed by atoms with Crippen molar-refractivity contribution in [3.63, 3.8) is 0 Å². The maximum absolute atomic E-state index is 15.0. The molecule has 1 atom stereocenters. The van der Waals surface area contributed by atoms with Gasteiger partial charge in [-0.05, 0) is 58.8 Å². The van der Waals surface area contributed by atoms with E-state index in [-0.39, 0.29) is 27.6 Å². The van der Waals surface area contributed by atoms with Crippen LogP contribution in [0.3, 0.4) is 0 Å². The summed E-state index contributed by atoms with van der Waals surface area (Å²) in [6, 6.07) is 15.0. The number of nitrogens with one attached hydrogen (secondary N) is 1. The van der Waals surface area contributed by atoms with Crippen molar-refractivity contribution < 1.29 is 19.5 Å². The summed E-state index contributed by atoms with van der Waals surface area (Å²) in [5.74, 6) is -2.01. The zero-order valence-corrected chi connectivity index (χ0v) is 20.0. The molecule has 0 spiro atoms. The second kappa shape index (κ2) is 10.2. The van der Waals surface area contributed by atoms with E-state index in [1.165, 1.54) is 12.3 Å². The van der Waals surface area contributed by atoms with Crippen LogP contribution in [0.4, 0.5) is 4.39 Å². The van der Waals surface area contributed by atoms with Crippen molar-refractivity contribution in [1.82, 2.24) is 4.98 Å². The van der Waals surface area contributed by atoms with Crippen LogP contribution in [-0.2, 0) is 0 Å². The van der Waals surface area contributed by atoms with Gasteiger partial charge in [-0.15, -0.1) is 11.3 Å². The van der Waals surface area contributed by atoms with Gasteiger partial charge in [0, 0.05) is 34.7 Å². The van der Waals surface area contributed by atoms with Gasteiger partial charge in [0.15, 0.2) is 0 Å². The summed E-state index contributed by atoms with van der Waals surface area (Å²) in [6.45, 7) is 1.65. The minimum absolute atomic E-state index is 0.140. The molecule has 0 fully saturated rings. The van der Waals surface area contributed by atoms with Crippen LogP contribution in [0, 0.1) is 12.7 Å². The van der Waals surface area contributed by atoms with E-state index >= 15 is 0 Å². The smallest absolute Gasteiger partial charge is 0.345 e. The zero-order chi connectivity index (χ0) is 25.1. The van der Waals surface area contributed by atoms with Gasteiger partial charge in [0.1, 0.15) is 10.7 Å². The molecule has 0 bridgehead atoms. The Morgan fingerprint density at radius 1 is 1.14 bits per heavy atom. The average Bonchev–Trinajstić information content (AvgIpc) is 3.34. The molecular formula is C26H20ClFN2O4S. The normalized spacial score (nSPS) is 12.5. The number of halogens is 2. The predicted molar refractivity (Wildman–Crippen MR) is 135 cm³/mol. The molecule has 4 aromatic rings. The molecule has 0 aliphatic rings. The zero-order valence-electron chi connectivity index (χ0n) is 18.5. The molecule has 0 aliphatic carbocycles. The predicted octanol–water partition coefficient (Wildman–Crippen LogP) is 6.30. The molecule has 0 unspecified atom stereocenters. The number of carbonyl (C=O) groups is 1. The highest BCUT2D eigenvalue weighted by atomic mass is 35.5. The van der Waals surface area contributed by atoms with Crippen LogP contribution in [0.1, 0.15) is 44.3 Å². The Morgan fingerprint density at radius 3 is 2.49 bits per heavy atom. The lowest BCUT2D eigenvalue weighted by atomic mass is 9.84. The number of aryl methyl sites for hydroxylation is 1. The summed E-state index contributed by atoms with van der Waals surface area (Å²) in [7, 11) is 0. The summed E-state index contributed by atoms with van der Waals surface area (Å²) < 4.78 is 15.0. The molecule has 6 nitrogen and oxygen atoms in total. The van der Waals surface area contributed by atoms with Crippen LogP contribution in [0.25, 0.3) is 11.1 Å². The van der Waals surface area contributed by atoms with Crippen LogP contribution in [0.2, 0.25) is 5.02 Å². The van der Waals surface area contributed by atoms with Crippen molar-refractivity contribution in [2.75, 3.05) is 0 Å². The van der Waals surface area contributed by atoms with Crippen LogP contribution in [-0.4, -0.2) is 27.0 Å². The molecular weight excluding hydrogens is 491 g/mol. The Bertz CT molecular complexity index is 1480. The summed E-state index contributed by atoms with van der Waals surface area (Å²) in [6.07, 6.45) is 1.60. The van der Waals surface area contributed by atoms with E-state index in [0.717, 1.165) is 28.0 Å². The van der Waals surface area contributed by atoms with Crippen LogP contribution in [0.15, 0.2) is 76.1 Å². The highest BCUT2D eigenvalue weighted by Gasteiger charge is 2.22. The lowest BCUT2D eigenvalue weighted by Gasteiger charge is -2.20. The van der Waals surface area contributed by atoms with Crippen LogP contribution < -0.4 is 5.56 Å². The van der Waals surface area contributed by atoms with Crippen LogP contribution in [0.5, 0.6) is 0 Å². The fraction of sp³-hybridized carbons (Fsp3) is 0.115. The third-order valence-electron chi connectivity index (χ3n) is 5.73. The number of aromatic carboxylic acids is 1. The Labute approximate surface area is 209 Å². The number of H-pyrrole nitrogens is 1. The number of hydrogen-bond donors (Lipinski definition) is 3. The molecule has 0 radical (unpaired) electrons. The lowest BCUT2D eigenvalue weighted by Crippen LogP contribution is -2.15. The Balaban J connectivity index is 1.73. The maximum atomic E-state index is 15.0. The largest absolute Gasteiger partial charge is 0.477 e. The molecule has 35 heavy (non-hydrogen) atoms. The Kier molecular flexibility index (Phi) is 7.14. The number of carboxylic acids is 1. The summed E-state index contributed by atoms with van der Waals surface area (Å²) in [5, 5.41) is 24.4. The van der Waals surface area contributed by atoms with Crippen molar-refractivity contribution in [2.24, 2.45) is 5.16 Å². The van der Waals surface area contributed by atoms with Crippen molar-refractivity contribution in [3.05, 3.63) is 114 Å². The summed E-state index contributed by atoms with van der Waals surface area (Å²) in [4.78, 5) is 25.8. The fourth-order valence-electron chi connectivity index (χ4n) is 3.87. The number of aromatic nitrogens is 1. The molecule has 0 saturated carbocycles. The Morgan fingerprint density at radius 2 is 1.89 bits per heavy atom. The molecule has 3 N–H and O–H groups in total. The number of thiophene rings is 1. The van der Waals surface area contributed by atoms with Crippen LogP contribution >= 0.6 is 22.9 Å². The second-order valence-corrected chi connectivity index (χ2v) is 9.34. The number of nitrogens with zero attached hydrogens (tertiary/aromatic N) is 1. The van der Waals surface area contributed by atoms with Crippen molar-refractivity contribution in [3.8, 4) is 11.1 Å². The molecule has 9 heteroatoms. The highest BCUT2D eigenvalue weighted by Crippen LogP contribution is 2.34. The first-order chi connectivity index (χ1) is 16.8. The molecule has 0 amide bonds. The number of carboxylic acid groups (broad SMARTS) is 1. The van der Waals surface area contributed by atoms with Gasteiger partial charge in [0.05, 0.1) is 5.71 Å². The number of aromatic amines is 1. The molecule has 178 valence electrons. The van der Waals surface area contributed by atoms with Gasteiger partial charge in [0.2, 0.25) is 0 Å². The van der Waals surface area contributed by atoms with E-state index in [0.29, 0.717) is 16.7 Å². The van der Waals surface area contributed by atoms with Gasteiger partial charge >= 0.3 is 5.97 Å². The second-order valence-electron chi connectivity index (χ2n) is 8.00. The number of pyridine rings is 1. The molecule has 2 aromatic heterocycles.